The molecule has 1 unspecified atom stereocenters. The van der Waals surface area contributed by atoms with Crippen molar-refractivity contribution in [2.45, 2.75) is 31.5 Å². The van der Waals surface area contributed by atoms with Crippen LogP contribution in [0.4, 0.5) is 24.5 Å². The van der Waals surface area contributed by atoms with Gasteiger partial charge in [0.1, 0.15) is 5.69 Å². The highest BCUT2D eigenvalue weighted by Gasteiger charge is 2.33. The van der Waals surface area contributed by atoms with Gasteiger partial charge in [0.2, 0.25) is 0 Å². The lowest BCUT2D eigenvalue weighted by atomic mass is 10.0. The van der Waals surface area contributed by atoms with Gasteiger partial charge in [0.05, 0.1) is 10.5 Å². The molecule has 20 heavy (non-hydrogen) atoms. The van der Waals surface area contributed by atoms with E-state index in [9.17, 15) is 23.3 Å². The molecule has 4 nitrogen and oxygen atoms in total. The van der Waals surface area contributed by atoms with E-state index < -0.39 is 22.4 Å². The van der Waals surface area contributed by atoms with Crippen molar-refractivity contribution in [2.24, 2.45) is 0 Å². The number of anilines is 1. The topological polar surface area (TPSA) is 55.2 Å². The van der Waals surface area contributed by atoms with Gasteiger partial charge in [0.25, 0.3) is 5.69 Å². The maximum atomic E-state index is 12.6. The monoisotopic (exact) mass is 286 g/mol. The van der Waals surface area contributed by atoms with Crippen molar-refractivity contribution in [1.82, 2.24) is 0 Å². The van der Waals surface area contributed by atoms with Gasteiger partial charge >= 0.3 is 6.18 Å². The van der Waals surface area contributed by atoms with Crippen LogP contribution in [0.2, 0.25) is 0 Å². The van der Waals surface area contributed by atoms with Crippen molar-refractivity contribution in [1.29, 1.82) is 0 Å². The fourth-order valence-corrected chi connectivity index (χ4v) is 2.13. The van der Waals surface area contributed by atoms with Gasteiger partial charge in [-0.15, -0.1) is 0 Å². The highest BCUT2D eigenvalue weighted by Crippen LogP contribution is 2.35. The van der Waals surface area contributed by atoms with Crippen molar-refractivity contribution >= 4 is 11.4 Å². The minimum absolute atomic E-state index is 0.00966. The van der Waals surface area contributed by atoms with Gasteiger partial charge in [-0.3, -0.25) is 10.1 Å². The average molecular weight is 286 g/mol. The number of nitrogens with zero attached hydrogens (tertiary/aromatic N) is 1. The van der Waals surface area contributed by atoms with Crippen LogP contribution in [-0.4, -0.2) is 11.0 Å². The summed E-state index contributed by atoms with van der Waals surface area (Å²) in [7, 11) is 0. The largest absolute Gasteiger partial charge is 0.416 e. The van der Waals surface area contributed by atoms with Crippen molar-refractivity contribution in [3.8, 4) is 0 Å². The summed E-state index contributed by atoms with van der Waals surface area (Å²) in [5.74, 6) is 0. The molecule has 0 radical (unpaired) electrons. The molecular formula is C13H13F3N2O2. The summed E-state index contributed by atoms with van der Waals surface area (Å²) in [6.07, 6.45) is 1.74. The van der Waals surface area contributed by atoms with Gasteiger partial charge in [-0.2, -0.15) is 13.2 Å². The standard InChI is InChI=1S/C13H13F3N2O2/c14-13(15,16)9-6-7-11(12(8-9)18(19)20)17-10-4-2-1-3-5-10/h1-2,6-8,10,17H,3-5H2. The van der Waals surface area contributed by atoms with Crippen molar-refractivity contribution in [2.75, 3.05) is 5.32 Å². The molecule has 1 N–H and O–H groups in total. The first-order valence-corrected chi connectivity index (χ1v) is 6.15. The second kappa shape index (κ2) is 5.52. The SMILES string of the molecule is O=[N+]([O-])c1cc(C(F)(F)F)ccc1NC1CC=CCC1. The number of benzene rings is 1. The molecule has 1 aliphatic carbocycles. The molecule has 1 atom stereocenters. The Morgan fingerprint density at radius 1 is 1.30 bits per heavy atom. The summed E-state index contributed by atoms with van der Waals surface area (Å²) in [4.78, 5) is 10.1. The number of nitrogens with one attached hydrogen (secondary N) is 1. The predicted molar refractivity (Wildman–Crippen MR) is 68.5 cm³/mol. The van der Waals surface area contributed by atoms with Crippen molar-refractivity contribution in [3.05, 3.63) is 46.0 Å². The lowest BCUT2D eigenvalue weighted by molar-refractivity contribution is -0.384. The van der Waals surface area contributed by atoms with Gasteiger partial charge < -0.3 is 5.32 Å². The Morgan fingerprint density at radius 3 is 2.60 bits per heavy atom. The number of alkyl halides is 3. The maximum Gasteiger partial charge on any atom is 0.416 e. The van der Waals surface area contributed by atoms with Crippen LogP contribution in [0.3, 0.4) is 0 Å². The number of rotatable bonds is 3. The van der Waals surface area contributed by atoms with Crippen LogP contribution in [0.1, 0.15) is 24.8 Å². The normalized spacial score (nSPS) is 18.9. The zero-order chi connectivity index (χ0) is 14.8. The van der Waals surface area contributed by atoms with Gasteiger partial charge in [0.15, 0.2) is 0 Å². The first-order valence-electron chi connectivity index (χ1n) is 6.15. The Labute approximate surface area is 113 Å². The number of halogens is 3. The summed E-state index contributed by atoms with van der Waals surface area (Å²) in [6.45, 7) is 0. The molecule has 0 aliphatic heterocycles. The van der Waals surface area contributed by atoms with E-state index in [-0.39, 0.29) is 11.7 Å². The molecule has 0 saturated carbocycles. The van der Waals surface area contributed by atoms with E-state index in [1.165, 1.54) is 0 Å². The number of allylic oxidation sites excluding steroid dienone is 1. The van der Waals surface area contributed by atoms with E-state index >= 15 is 0 Å². The third-order valence-electron chi connectivity index (χ3n) is 3.15. The average Bonchev–Trinajstić information content (AvgIpc) is 2.38. The molecule has 0 aromatic heterocycles. The Kier molecular flexibility index (Phi) is 3.96. The smallest absolute Gasteiger partial charge is 0.376 e. The van der Waals surface area contributed by atoms with Gasteiger partial charge in [-0.05, 0) is 31.4 Å². The molecule has 0 bridgehead atoms. The van der Waals surface area contributed by atoms with E-state index in [2.05, 4.69) is 5.32 Å². The fraction of sp³-hybridized carbons (Fsp3) is 0.385. The molecule has 0 amide bonds. The van der Waals surface area contributed by atoms with E-state index in [1.807, 2.05) is 12.2 Å². The minimum Gasteiger partial charge on any atom is -0.376 e. The fourth-order valence-electron chi connectivity index (χ4n) is 2.13. The van der Waals surface area contributed by atoms with Crippen molar-refractivity contribution < 1.29 is 18.1 Å². The Bertz CT molecular complexity index is 541. The van der Waals surface area contributed by atoms with Gasteiger partial charge in [0, 0.05) is 12.1 Å². The summed E-state index contributed by atoms with van der Waals surface area (Å²) >= 11 is 0. The summed E-state index contributed by atoms with van der Waals surface area (Å²) in [6, 6.07) is 2.56. The van der Waals surface area contributed by atoms with Crippen LogP contribution in [0, 0.1) is 10.1 Å². The predicted octanol–water partition coefficient (Wildman–Crippen LogP) is 4.13. The van der Waals surface area contributed by atoms with Crippen LogP contribution in [0.5, 0.6) is 0 Å². The lowest BCUT2D eigenvalue weighted by Crippen LogP contribution is -2.21. The lowest BCUT2D eigenvalue weighted by Gasteiger charge is -2.20. The molecule has 1 aromatic carbocycles. The van der Waals surface area contributed by atoms with Crippen LogP contribution in [0.15, 0.2) is 30.4 Å². The van der Waals surface area contributed by atoms with Crippen LogP contribution in [-0.2, 0) is 6.18 Å². The maximum absolute atomic E-state index is 12.6. The second-order valence-corrected chi connectivity index (χ2v) is 4.61. The Morgan fingerprint density at radius 2 is 2.05 bits per heavy atom. The molecule has 0 fully saturated rings. The second-order valence-electron chi connectivity index (χ2n) is 4.61. The van der Waals surface area contributed by atoms with E-state index in [0.717, 1.165) is 25.0 Å². The molecule has 0 heterocycles. The Hall–Kier alpha value is -2.05. The summed E-state index contributed by atoms with van der Waals surface area (Å²) < 4.78 is 37.7. The summed E-state index contributed by atoms with van der Waals surface area (Å²) in [5, 5.41) is 13.9. The first-order chi connectivity index (χ1) is 9.38. The first kappa shape index (κ1) is 14.4. The van der Waals surface area contributed by atoms with Crippen LogP contribution in [0.25, 0.3) is 0 Å². The zero-order valence-corrected chi connectivity index (χ0v) is 10.5. The number of hydrogen-bond donors (Lipinski definition) is 1. The van der Waals surface area contributed by atoms with E-state index in [1.54, 1.807) is 0 Å². The highest BCUT2D eigenvalue weighted by molar-refractivity contribution is 5.63. The van der Waals surface area contributed by atoms with Gasteiger partial charge in [-0.25, -0.2) is 0 Å². The molecule has 2 rings (SSSR count). The van der Waals surface area contributed by atoms with Crippen molar-refractivity contribution in [3.63, 3.8) is 0 Å². The third-order valence-corrected chi connectivity index (χ3v) is 3.15. The van der Waals surface area contributed by atoms with Crippen LogP contribution < -0.4 is 5.32 Å². The minimum atomic E-state index is -4.59. The Balaban J connectivity index is 2.28. The molecule has 1 aliphatic rings. The molecule has 108 valence electrons. The molecule has 1 aromatic rings. The van der Waals surface area contributed by atoms with Gasteiger partial charge in [-0.1, -0.05) is 12.2 Å². The quantitative estimate of drug-likeness (QED) is 0.516. The highest BCUT2D eigenvalue weighted by atomic mass is 19.4. The molecule has 0 saturated heterocycles. The number of nitro benzene ring substituents is 1. The molecular weight excluding hydrogens is 273 g/mol. The molecule has 0 spiro atoms. The number of nitro groups is 1. The van der Waals surface area contributed by atoms with Crippen LogP contribution >= 0.6 is 0 Å². The zero-order valence-electron chi connectivity index (χ0n) is 10.5. The summed E-state index contributed by atoms with van der Waals surface area (Å²) in [5.41, 5.74) is -1.43. The third kappa shape index (κ3) is 3.28. The van der Waals surface area contributed by atoms with E-state index in [4.69, 9.17) is 0 Å². The van der Waals surface area contributed by atoms with E-state index in [0.29, 0.717) is 12.5 Å². The number of hydrogen-bond acceptors (Lipinski definition) is 3. The molecule has 7 heteroatoms.